The molecule has 0 saturated carbocycles. The summed E-state index contributed by atoms with van der Waals surface area (Å²) in [5, 5.41) is 16.1. The molecule has 0 atom stereocenters. The van der Waals surface area contributed by atoms with Gasteiger partial charge in [0.05, 0.1) is 22.2 Å². The average Bonchev–Trinajstić information content (AvgIpc) is 3.74. The number of nitrogens with one attached hydrogen (secondary N) is 3. The summed E-state index contributed by atoms with van der Waals surface area (Å²) in [5.41, 5.74) is 3.04. The van der Waals surface area contributed by atoms with E-state index in [1.165, 1.54) is 12.1 Å². The summed E-state index contributed by atoms with van der Waals surface area (Å²) < 4.78 is 70.1. The Morgan fingerprint density at radius 1 is 1.05 bits per heavy atom. The Labute approximate surface area is 366 Å². The molecule has 12 nitrogen and oxygen atoms in total. The predicted molar refractivity (Wildman–Crippen MR) is 236 cm³/mol. The van der Waals surface area contributed by atoms with Gasteiger partial charge in [-0.05, 0) is 109 Å². The number of benzene rings is 3. The van der Waals surface area contributed by atoms with Crippen LogP contribution in [0.2, 0.25) is 0 Å². The van der Waals surface area contributed by atoms with Gasteiger partial charge in [-0.3, -0.25) is 24.5 Å². The fourth-order valence-electron chi connectivity index (χ4n) is 8.49. The molecule has 5 aromatic rings. The highest BCUT2D eigenvalue weighted by atomic mass is 32.2. The number of ether oxygens (including phenoxy) is 2. The Morgan fingerprint density at radius 2 is 1.84 bits per heavy atom. The number of allylic oxidation sites excluding steroid dienone is 1. The second kappa shape index (κ2) is 18.6. The van der Waals surface area contributed by atoms with Crippen molar-refractivity contribution in [2.24, 2.45) is 11.3 Å². The Bertz CT molecular complexity index is 2510. The summed E-state index contributed by atoms with van der Waals surface area (Å²) >= 11 is 0.969. The molecule has 0 radical (unpaired) electrons. The van der Waals surface area contributed by atoms with E-state index in [2.05, 4.69) is 43.7 Å². The normalized spacial score (nSPS) is 17.5. The van der Waals surface area contributed by atoms with Crippen LogP contribution in [0.5, 0.6) is 11.5 Å². The van der Waals surface area contributed by atoms with E-state index in [9.17, 15) is 28.1 Å². The van der Waals surface area contributed by atoms with Gasteiger partial charge >= 0.3 is 6.18 Å². The number of amides is 1. The number of rotatable bonds is 13. The number of pyridine rings is 1. The first-order valence-electron chi connectivity index (χ1n) is 21.1. The molecule has 1 amide bonds. The number of fused-ring (bicyclic) bond motifs is 1. The number of carbonyl (C=O) groups is 1. The minimum Gasteiger partial charge on any atom is -0.455 e. The lowest BCUT2D eigenvalue weighted by atomic mass is 9.72. The number of hydrogen-bond acceptors (Lipinski definition) is 10. The summed E-state index contributed by atoms with van der Waals surface area (Å²) in [4.78, 5) is 37.9. The zero-order chi connectivity index (χ0) is 44.3. The van der Waals surface area contributed by atoms with Crippen LogP contribution in [0, 0.1) is 27.3 Å². The van der Waals surface area contributed by atoms with Crippen LogP contribution in [0.25, 0.3) is 16.6 Å². The van der Waals surface area contributed by atoms with Crippen LogP contribution in [0.3, 0.4) is 0 Å². The van der Waals surface area contributed by atoms with Crippen molar-refractivity contribution in [1.82, 2.24) is 19.6 Å². The Balaban J connectivity index is 0.973. The quantitative estimate of drug-likeness (QED) is 0.0453. The van der Waals surface area contributed by atoms with Gasteiger partial charge in [0.15, 0.2) is 0 Å². The van der Waals surface area contributed by atoms with E-state index in [-0.39, 0.29) is 22.2 Å². The van der Waals surface area contributed by atoms with Gasteiger partial charge in [0.25, 0.3) is 11.6 Å². The zero-order valence-corrected chi connectivity index (χ0v) is 35.8. The van der Waals surface area contributed by atoms with Gasteiger partial charge in [-0.2, -0.15) is 13.2 Å². The van der Waals surface area contributed by atoms with Crippen molar-refractivity contribution < 1.29 is 36.8 Å². The Hall–Kier alpha value is -5.65. The number of halogens is 4. The van der Waals surface area contributed by atoms with E-state index >= 15 is 4.39 Å². The van der Waals surface area contributed by atoms with Crippen molar-refractivity contribution in [3.05, 3.63) is 117 Å². The SMILES string of the molecule is CC1(C)CCC(CN2CCN(c3ccc(C(=O)NSc4ccc(NCC5CCOCC5)c([N+](=O)[O-])c4)c(Oc4cnc5[nH]ccc5c4)c3)CC2)=C(c2ccc(C(F)(F)F)cc2F)C1. The molecule has 17 heteroatoms. The number of carbonyl (C=O) groups excluding carboxylic acids is 1. The van der Waals surface area contributed by atoms with E-state index in [0.717, 1.165) is 65.9 Å². The third-order valence-electron chi connectivity index (χ3n) is 12.1. The highest BCUT2D eigenvalue weighted by molar-refractivity contribution is 7.98. The van der Waals surface area contributed by atoms with Crippen molar-refractivity contribution in [2.45, 2.75) is 57.0 Å². The van der Waals surface area contributed by atoms with E-state index in [1.54, 1.807) is 30.6 Å². The number of anilines is 2. The summed E-state index contributed by atoms with van der Waals surface area (Å²) in [7, 11) is 0. The van der Waals surface area contributed by atoms with Gasteiger partial charge in [-0.25, -0.2) is 9.37 Å². The van der Waals surface area contributed by atoms with Crippen LogP contribution in [0.15, 0.2) is 89.6 Å². The maximum atomic E-state index is 15.3. The molecular formula is C46H49F4N7O5S. The molecule has 3 N–H and O–H groups in total. The van der Waals surface area contributed by atoms with E-state index < -0.39 is 28.4 Å². The molecule has 0 spiro atoms. The van der Waals surface area contributed by atoms with Crippen LogP contribution >= 0.6 is 11.9 Å². The molecule has 2 aliphatic heterocycles. The largest absolute Gasteiger partial charge is 0.455 e. The number of nitro groups is 1. The third kappa shape index (κ3) is 10.6. The first kappa shape index (κ1) is 44.0. The smallest absolute Gasteiger partial charge is 0.416 e. The molecule has 332 valence electrons. The number of aromatic amines is 1. The highest BCUT2D eigenvalue weighted by Gasteiger charge is 2.34. The van der Waals surface area contributed by atoms with Crippen molar-refractivity contribution in [1.29, 1.82) is 0 Å². The lowest BCUT2D eigenvalue weighted by molar-refractivity contribution is -0.384. The van der Waals surface area contributed by atoms with Crippen LogP contribution in [0.1, 0.15) is 67.4 Å². The Morgan fingerprint density at radius 3 is 2.59 bits per heavy atom. The number of nitrogens with zero attached hydrogens (tertiary/aromatic N) is 4. The molecular weight excluding hydrogens is 839 g/mol. The van der Waals surface area contributed by atoms with Gasteiger partial charge < -0.3 is 24.7 Å². The lowest BCUT2D eigenvalue weighted by Gasteiger charge is -2.39. The van der Waals surface area contributed by atoms with Gasteiger partial charge in [0, 0.05) is 92.3 Å². The molecule has 2 saturated heterocycles. The predicted octanol–water partition coefficient (Wildman–Crippen LogP) is 10.5. The average molecular weight is 888 g/mol. The molecule has 0 unspecified atom stereocenters. The first-order valence-corrected chi connectivity index (χ1v) is 21.9. The minimum absolute atomic E-state index is 0.0877. The first-order chi connectivity index (χ1) is 30.2. The van der Waals surface area contributed by atoms with Crippen molar-refractivity contribution >= 4 is 51.5 Å². The van der Waals surface area contributed by atoms with Crippen LogP contribution < -0.4 is 19.7 Å². The minimum atomic E-state index is -4.63. The highest BCUT2D eigenvalue weighted by Crippen LogP contribution is 2.45. The van der Waals surface area contributed by atoms with Crippen LogP contribution in [-0.4, -0.2) is 78.2 Å². The fraction of sp³-hybridized carbons (Fsp3) is 0.391. The second-order valence-corrected chi connectivity index (χ2v) is 18.0. The number of hydrogen-bond donors (Lipinski definition) is 3. The van der Waals surface area contributed by atoms with E-state index in [1.807, 2.05) is 24.3 Å². The summed E-state index contributed by atoms with van der Waals surface area (Å²) in [6.07, 6.45) is 2.69. The molecule has 4 heterocycles. The zero-order valence-electron chi connectivity index (χ0n) is 35.0. The number of nitro benzene ring substituents is 1. The third-order valence-corrected chi connectivity index (χ3v) is 12.9. The molecule has 3 aromatic carbocycles. The summed E-state index contributed by atoms with van der Waals surface area (Å²) in [6, 6.07) is 16.7. The lowest BCUT2D eigenvalue weighted by Crippen LogP contribution is -2.47. The van der Waals surface area contributed by atoms with Gasteiger partial charge in [-0.1, -0.05) is 25.5 Å². The van der Waals surface area contributed by atoms with Crippen LogP contribution in [0.4, 0.5) is 34.6 Å². The van der Waals surface area contributed by atoms with E-state index in [4.69, 9.17) is 9.47 Å². The molecule has 8 rings (SSSR count). The maximum Gasteiger partial charge on any atom is 0.416 e. The monoisotopic (exact) mass is 887 g/mol. The molecule has 0 bridgehead atoms. The molecule has 63 heavy (non-hydrogen) atoms. The Kier molecular flexibility index (Phi) is 13.0. The summed E-state index contributed by atoms with van der Waals surface area (Å²) in [6.45, 7) is 9.37. The van der Waals surface area contributed by atoms with E-state index in [0.29, 0.717) is 98.6 Å². The standard InChI is InChI=1S/C46H49F4N7O5S/c1-45(2)13-9-31(38(25-45)36-6-3-32(22-39(36)47)46(48,49)50)28-55-15-17-56(18-16-55)33-4-7-37(42(23-33)62-34-21-30-10-14-51-43(30)53-27-34)44(58)54-63-35-5-8-40(41(24-35)57(59)60)52-26-29-11-19-61-20-12-29/h3-8,10,14,21-24,27,29,52H,9,11-13,15-20,25-26,28H2,1-2H3,(H,51,53)(H,54,58). The van der Waals surface area contributed by atoms with Gasteiger partial charge in [0.2, 0.25) is 0 Å². The number of piperazine rings is 1. The fourth-order valence-corrected chi connectivity index (χ4v) is 9.11. The number of alkyl halides is 3. The van der Waals surface area contributed by atoms with Gasteiger partial charge in [-0.15, -0.1) is 0 Å². The van der Waals surface area contributed by atoms with Crippen LogP contribution in [-0.2, 0) is 10.9 Å². The molecule has 2 fully saturated rings. The van der Waals surface area contributed by atoms with Crippen molar-refractivity contribution in [3.8, 4) is 11.5 Å². The molecule has 2 aromatic heterocycles. The maximum absolute atomic E-state index is 15.3. The number of H-pyrrole nitrogens is 1. The second-order valence-electron chi connectivity index (χ2n) is 17.2. The molecule has 3 aliphatic rings. The van der Waals surface area contributed by atoms with Crippen molar-refractivity contribution in [2.75, 3.05) is 62.7 Å². The number of aromatic nitrogens is 2. The summed E-state index contributed by atoms with van der Waals surface area (Å²) in [5.74, 6) is -0.235. The molecule has 1 aliphatic carbocycles. The van der Waals surface area contributed by atoms with Gasteiger partial charge in [0.1, 0.15) is 28.7 Å². The van der Waals surface area contributed by atoms with Crippen molar-refractivity contribution in [3.63, 3.8) is 0 Å². The topological polar surface area (TPSA) is 138 Å².